The maximum absolute atomic E-state index is 12.0. The zero-order valence-electron chi connectivity index (χ0n) is 89.0. The van der Waals surface area contributed by atoms with Crippen LogP contribution in [0.3, 0.4) is 0 Å². The number of hydrogen-bond acceptors (Lipinski definition) is 13. The van der Waals surface area contributed by atoms with Crippen LogP contribution < -0.4 is 37.2 Å². The first kappa shape index (κ1) is 154. The molecular weight excluding hydrogens is 1670 g/mol. The fraction of sp³-hybridized carbons (Fsp3) is 0.552. The molecule has 129 heavy (non-hydrogen) atoms. The number of ketones is 2. The van der Waals surface area contributed by atoms with Crippen LogP contribution in [-0.2, 0) is 62.8 Å². The van der Waals surface area contributed by atoms with E-state index in [1.165, 1.54) is 94.1 Å². The molecule has 5 aromatic carbocycles. The second kappa shape index (κ2) is 111. The number of Topliss-reactive ketones (excluding diaryl/α,β-unsaturated/α-hetero) is 2. The molecular formula is C105H189F2N7O13S2. The van der Waals surface area contributed by atoms with E-state index in [-0.39, 0.29) is 57.8 Å². The molecule has 5 aromatic rings. The number of sulfone groups is 2. The number of halogens is 2. The first-order chi connectivity index (χ1) is 60.0. The molecule has 20 nitrogen and oxygen atoms in total. The zero-order valence-corrected chi connectivity index (χ0v) is 90.6. The number of alkyl halides is 2. The van der Waals surface area contributed by atoms with Gasteiger partial charge in [0.25, 0.3) is 0 Å². The van der Waals surface area contributed by atoms with E-state index in [1.807, 2.05) is 256 Å². The standard InChI is InChI=1S/5C8H9NO.C6H10F2O.C6H12O.2C6H8.3C5H12.2C4H10O2S.2C3H7NO.6C2H6/c5*1-7(10)9-8-5-3-2-4-6-8;1-4(2)5(9)6(3,7)8;1-4-6(7)5(2)3;2*1-6-4-2-3-5-6;3*1-4-5(2)3;2*1-4(2)7(3,5)6;2*1-3(5)4-2;6*1-2/h5*2-6H,1H3,(H,9,10);4H,1-3H3;5H,4H2,1-3H3;2*2-6H,1H3;3*5H,4H2,1-3H3;2*4H,1-3H3;2*1-2H3,(H,4,5);6*1-2H3. The molecule has 24 heteroatoms. The lowest BCUT2D eigenvalue weighted by Gasteiger charge is -2.10. The fourth-order valence-electron chi connectivity index (χ4n) is 5.62. The Balaban J connectivity index is -0.0000000825. The highest BCUT2D eigenvalue weighted by Gasteiger charge is 2.33. The molecule has 0 unspecified atom stereocenters. The molecule has 7 N–H and O–H groups in total. The van der Waals surface area contributed by atoms with Crippen molar-refractivity contribution >= 4 is 101 Å². The monoisotopic (exact) mass is 1860 g/mol. The molecule has 0 spiro atoms. The van der Waals surface area contributed by atoms with Crippen LogP contribution in [0.2, 0.25) is 0 Å². The summed E-state index contributed by atoms with van der Waals surface area (Å²) in [5.74, 6) is -0.308. The van der Waals surface area contributed by atoms with E-state index in [2.05, 4.69) is 162 Å². The van der Waals surface area contributed by atoms with E-state index in [4.69, 9.17) is 0 Å². The Kier molecular flexibility index (Phi) is 132. The molecule has 2 aliphatic carbocycles. The molecule has 7 rings (SSSR count). The molecule has 0 heterocycles. The van der Waals surface area contributed by atoms with Gasteiger partial charge in [0.15, 0.2) is 0 Å². The highest BCUT2D eigenvalue weighted by molar-refractivity contribution is 7.91. The van der Waals surface area contributed by atoms with Gasteiger partial charge in [0.1, 0.15) is 25.5 Å². The molecule has 0 saturated heterocycles. The van der Waals surface area contributed by atoms with Crippen molar-refractivity contribution in [1.82, 2.24) is 10.6 Å². The van der Waals surface area contributed by atoms with Crippen LogP contribution in [0.1, 0.15) is 303 Å². The van der Waals surface area contributed by atoms with Gasteiger partial charge >= 0.3 is 5.92 Å². The lowest BCUT2D eigenvalue weighted by molar-refractivity contribution is -0.143. The number of nitrogens with one attached hydrogen (secondary N) is 7. The van der Waals surface area contributed by atoms with Gasteiger partial charge in [-0.3, -0.25) is 43.2 Å². The predicted octanol–water partition coefficient (Wildman–Crippen LogP) is 27.9. The number of rotatable bonds is 14. The van der Waals surface area contributed by atoms with E-state index < -0.39 is 37.3 Å². The average molecular weight is 1860 g/mol. The molecule has 0 radical (unpaired) electrons. The van der Waals surface area contributed by atoms with Crippen molar-refractivity contribution in [3.63, 3.8) is 0 Å². The number of amides is 7. The van der Waals surface area contributed by atoms with Gasteiger partial charge in [-0.25, -0.2) is 16.8 Å². The van der Waals surface area contributed by atoms with Crippen molar-refractivity contribution in [3.05, 3.63) is 200 Å². The number of hydrogen-bond donors (Lipinski definition) is 7. The molecule has 0 aliphatic heterocycles. The molecule has 0 atom stereocenters. The van der Waals surface area contributed by atoms with Gasteiger partial charge in [-0.2, -0.15) is 8.78 Å². The summed E-state index contributed by atoms with van der Waals surface area (Å²) in [6, 6.07) is 46.8. The van der Waals surface area contributed by atoms with Gasteiger partial charge in [0.05, 0.1) is 10.5 Å². The Hall–Kier alpha value is -9.55. The summed E-state index contributed by atoms with van der Waals surface area (Å²) in [5.41, 5.74) is 4.21. The van der Waals surface area contributed by atoms with Crippen LogP contribution in [-0.4, -0.2) is 113 Å². The highest BCUT2D eigenvalue weighted by Crippen LogP contribution is 2.18. The first-order valence-corrected chi connectivity index (χ1v) is 49.4. The van der Waals surface area contributed by atoms with Crippen LogP contribution >= 0.6 is 0 Å². The van der Waals surface area contributed by atoms with Crippen molar-refractivity contribution in [3.8, 4) is 0 Å². The maximum Gasteiger partial charge on any atom is 0.302 e. The summed E-state index contributed by atoms with van der Waals surface area (Å²) in [6.45, 7) is 74.6. The molecule has 0 saturated carbocycles. The summed E-state index contributed by atoms with van der Waals surface area (Å²) in [6.07, 6.45) is 24.0. The molecule has 748 valence electrons. The molecule has 0 fully saturated rings. The molecule has 0 aromatic heterocycles. The third-order valence-electron chi connectivity index (χ3n) is 14.2. The molecule has 7 amide bonds. The van der Waals surface area contributed by atoms with Crippen LogP contribution in [0.25, 0.3) is 0 Å². The van der Waals surface area contributed by atoms with Gasteiger partial charge in [-0.15, -0.1) is 0 Å². The van der Waals surface area contributed by atoms with Crippen LogP contribution in [0, 0.1) is 41.4 Å². The maximum atomic E-state index is 12.0. The number of para-hydroxylation sites is 5. The average Bonchev–Trinajstić information content (AvgIpc) is 1.20. The van der Waals surface area contributed by atoms with Crippen molar-refractivity contribution in [2.75, 3.05) is 53.2 Å². The summed E-state index contributed by atoms with van der Waals surface area (Å²) in [7, 11) is -2.28. The summed E-state index contributed by atoms with van der Waals surface area (Å²) in [4.78, 5) is 92.8. The molecule has 2 aliphatic rings. The van der Waals surface area contributed by atoms with Gasteiger partial charge in [-0.05, 0) is 118 Å². The Labute approximate surface area is 789 Å². The molecule has 0 bridgehead atoms. The number of carbonyl (C=O) groups is 9. The predicted molar refractivity (Wildman–Crippen MR) is 562 cm³/mol. The van der Waals surface area contributed by atoms with Crippen LogP contribution in [0.5, 0.6) is 0 Å². The van der Waals surface area contributed by atoms with Gasteiger partial charge in [0, 0.05) is 129 Å². The minimum absolute atomic E-state index is 0.00463. The van der Waals surface area contributed by atoms with E-state index in [9.17, 15) is 68.8 Å². The third-order valence-corrected chi connectivity index (χ3v) is 17.6. The van der Waals surface area contributed by atoms with Gasteiger partial charge in [0.2, 0.25) is 47.1 Å². The minimum atomic E-state index is -3.16. The first-order valence-electron chi connectivity index (χ1n) is 45.5. The van der Waals surface area contributed by atoms with Crippen molar-refractivity contribution in [2.45, 2.75) is 319 Å². The Bertz CT molecular complexity index is 3270. The normalized spacial score (nSPS) is 9.99. The lowest BCUT2D eigenvalue weighted by Crippen LogP contribution is -2.28. The Morgan fingerprint density at radius 3 is 0.504 bits per heavy atom. The van der Waals surface area contributed by atoms with Gasteiger partial charge in [-0.1, -0.05) is 353 Å². The lowest BCUT2D eigenvalue weighted by atomic mass is 10.1. The SMILES string of the molecule is CC.CC.CC.CC.CC.CC.CC(=O)Nc1ccccc1.CC(=O)Nc1ccccc1.CC(=O)Nc1ccccc1.CC(=O)Nc1ccccc1.CC(=O)Nc1ccccc1.CC(C)C(=O)C(C)(F)F.CC(C)S(C)(=O)=O.CC(C)S(C)(=O)=O.CC1C=CC=C1.CC1C=CC=C1.CCC(=O)C(C)C.CCC(C)C.CCC(C)C.CCC(C)C.CNC(C)=O.CNC(C)=O. The van der Waals surface area contributed by atoms with Crippen LogP contribution in [0.15, 0.2) is 200 Å². The largest absolute Gasteiger partial charge is 0.359 e. The van der Waals surface area contributed by atoms with Crippen molar-refractivity contribution < 1.29 is 68.8 Å². The van der Waals surface area contributed by atoms with Gasteiger partial charge < -0.3 is 37.2 Å². The van der Waals surface area contributed by atoms with Crippen LogP contribution in [0.4, 0.5) is 37.2 Å². The topological polar surface area (TPSA) is 306 Å². The summed E-state index contributed by atoms with van der Waals surface area (Å²) in [5, 5.41) is 17.6. The Morgan fingerprint density at radius 2 is 0.457 bits per heavy atom. The quantitative estimate of drug-likeness (QED) is 0.0545. The number of anilines is 5. The summed E-state index contributed by atoms with van der Waals surface area (Å²) < 4.78 is 65.4. The third kappa shape index (κ3) is 153. The fourth-order valence-corrected chi connectivity index (χ4v) is 5.62. The van der Waals surface area contributed by atoms with E-state index in [0.717, 1.165) is 46.2 Å². The summed E-state index contributed by atoms with van der Waals surface area (Å²) >= 11 is 0. The van der Waals surface area contributed by atoms with E-state index in [1.54, 1.807) is 41.8 Å². The highest BCUT2D eigenvalue weighted by atomic mass is 32.2. The van der Waals surface area contributed by atoms with E-state index in [0.29, 0.717) is 31.0 Å². The zero-order chi connectivity index (χ0) is 105. The number of benzene rings is 5. The number of carbonyl (C=O) groups excluding carboxylic acids is 9. The second-order valence-electron chi connectivity index (χ2n) is 28.7. The Morgan fingerprint density at radius 1 is 0.318 bits per heavy atom. The minimum Gasteiger partial charge on any atom is -0.359 e. The van der Waals surface area contributed by atoms with E-state index >= 15 is 0 Å². The second-order valence-corrected chi connectivity index (χ2v) is 33.9. The number of allylic oxidation sites excluding steroid dienone is 8. The van der Waals surface area contributed by atoms with Crippen molar-refractivity contribution in [1.29, 1.82) is 0 Å². The van der Waals surface area contributed by atoms with Crippen molar-refractivity contribution in [2.24, 2.45) is 41.4 Å². The smallest absolute Gasteiger partial charge is 0.302 e.